The van der Waals surface area contributed by atoms with E-state index in [1.165, 1.54) is 0 Å². The fourth-order valence-electron chi connectivity index (χ4n) is 1.63. The molecule has 2 rings (SSSR count). The molecule has 0 bridgehead atoms. The fraction of sp³-hybridized carbons (Fsp3) is 0.286. The highest BCUT2D eigenvalue weighted by Crippen LogP contribution is 2.14. The maximum Gasteiger partial charge on any atom is 0.272 e. The van der Waals surface area contributed by atoms with Crippen LogP contribution in [0, 0.1) is 0 Å². The van der Waals surface area contributed by atoms with Crippen LogP contribution in [0.25, 0.3) is 5.69 Å². The van der Waals surface area contributed by atoms with E-state index in [4.69, 9.17) is 17.3 Å². The van der Waals surface area contributed by atoms with Crippen molar-refractivity contribution in [3.05, 3.63) is 47.2 Å². The van der Waals surface area contributed by atoms with Crippen LogP contribution >= 0.6 is 11.6 Å². The van der Waals surface area contributed by atoms with Gasteiger partial charge in [0.05, 0.1) is 5.69 Å². The van der Waals surface area contributed by atoms with Gasteiger partial charge >= 0.3 is 0 Å². The van der Waals surface area contributed by atoms with Crippen molar-refractivity contribution in [3.8, 4) is 5.69 Å². The molecule has 1 heterocycles. The van der Waals surface area contributed by atoms with E-state index in [1.54, 1.807) is 29.1 Å². The number of carbonyl (C=O) groups excluding carboxylic acids is 1. The van der Waals surface area contributed by atoms with Gasteiger partial charge in [-0.05, 0) is 38.1 Å². The summed E-state index contributed by atoms with van der Waals surface area (Å²) in [5, 5.41) is 7.70. The van der Waals surface area contributed by atoms with Gasteiger partial charge < -0.3 is 11.1 Å². The van der Waals surface area contributed by atoms with Crippen molar-refractivity contribution in [3.63, 3.8) is 0 Å². The Morgan fingerprint density at radius 2 is 2.20 bits per heavy atom. The lowest BCUT2D eigenvalue weighted by Gasteiger charge is -2.23. The molecule has 0 fully saturated rings. The number of nitrogens with zero attached hydrogens (tertiary/aromatic N) is 2. The lowest BCUT2D eigenvalue weighted by atomic mass is 10.1. The molecule has 20 heavy (non-hydrogen) atoms. The van der Waals surface area contributed by atoms with Gasteiger partial charge in [-0.2, -0.15) is 5.10 Å². The summed E-state index contributed by atoms with van der Waals surface area (Å²) >= 11 is 5.94. The molecule has 0 radical (unpaired) electrons. The van der Waals surface area contributed by atoms with Gasteiger partial charge in [0.1, 0.15) is 0 Å². The van der Waals surface area contributed by atoms with Crippen molar-refractivity contribution < 1.29 is 4.79 Å². The highest BCUT2D eigenvalue weighted by molar-refractivity contribution is 6.30. The highest BCUT2D eigenvalue weighted by atomic mass is 35.5. The minimum atomic E-state index is -0.461. The minimum Gasteiger partial charge on any atom is -0.344 e. The summed E-state index contributed by atoms with van der Waals surface area (Å²) in [6.07, 6.45) is 1.72. The van der Waals surface area contributed by atoms with E-state index in [-0.39, 0.29) is 5.91 Å². The molecule has 5 nitrogen and oxygen atoms in total. The van der Waals surface area contributed by atoms with Crippen molar-refractivity contribution in [2.75, 3.05) is 6.54 Å². The van der Waals surface area contributed by atoms with E-state index < -0.39 is 5.54 Å². The van der Waals surface area contributed by atoms with Crippen LogP contribution in [0.4, 0.5) is 0 Å². The minimum absolute atomic E-state index is 0.249. The van der Waals surface area contributed by atoms with Gasteiger partial charge in [-0.15, -0.1) is 0 Å². The second kappa shape index (κ2) is 5.64. The summed E-state index contributed by atoms with van der Waals surface area (Å²) in [7, 11) is 0. The molecule has 0 spiro atoms. The third-order valence-corrected chi connectivity index (χ3v) is 3.09. The molecule has 0 atom stereocenters. The zero-order chi connectivity index (χ0) is 14.8. The molecule has 1 aromatic carbocycles. The van der Waals surface area contributed by atoms with Gasteiger partial charge in [-0.1, -0.05) is 17.7 Å². The molecule has 3 N–H and O–H groups in total. The van der Waals surface area contributed by atoms with E-state index >= 15 is 0 Å². The van der Waals surface area contributed by atoms with Crippen LogP contribution < -0.4 is 11.1 Å². The Morgan fingerprint density at radius 1 is 1.45 bits per heavy atom. The third-order valence-electron chi connectivity index (χ3n) is 2.86. The number of aromatic nitrogens is 2. The van der Waals surface area contributed by atoms with Crippen LogP contribution in [-0.4, -0.2) is 27.8 Å². The Kier molecular flexibility index (Phi) is 4.11. The van der Waals surface area contributed by atoms with Crippen molar-refractivity contribution in [1.29, 1.82) is 0 Å². The zero-order valence-electron chi connectivity index (χ0n) is 11.4. The van der Waals surface area contributed by atoms with Gasteiger partial charge in [0, 0.05) is 23.3 Å². The van der Waals surface area contributed by atoms with Gasteiger partial charge in [0.2, 0.25) is 0 Å². The summed E-state index contributed by atoms with van der Waals surface area (Å²) in [6.45, 7) is 4.07. The zero-order valence-corrected chi connectivity index (χ0v) is 12.2. The molecule has 0 unspecified atom stereocenters. The lowest BCUT2D eigenvalue weighted by Crippen LogP contribution is -2.48. The first kappa shape index (κ1) is 14.6. The Hall–Kier alpha value is -1.85. The monoisotopic (exact) mass is 292 g/mol. The van der Waals surface area contributed by atoms with E-state index in [1.807, 2.05) is 26.0 Å². The van der Waals surface area contributed by atoms with Crippen molar-refractivity contribution in [1.82, 2.24) is 15.1 Å². The van der Waals surface area contributed by atoms with Crippen molar-refractivity contribution in [2.24, 2.45) is 5.73 Å². The summed E-state index contributed by atoms with van der Waals surface area (Å²) < 4.78 is 1.61. The molecular formula is C14H17ClN4O. The van der Waals surface area contributed by atoms with Crippen LogP contribution in [0.3, 0.4) is 0 Å². The van der Waals surface area contributed by atoms with Crippen LogP contribution in [0.2, 0.25) is 5.02 Å². The second-order valence-corrected chi connectivity index (χ2v) is 5.60. The summed E-state index contributed by atoms with van der Waals surface area (Å²) in [6, 6.07) is 8.91. The molecule has 0 aliphatic carbocycles. The molecule has 1 amide bonds. The van der Waals surface area contributed by atoms with Crippen LogP contribution in [-0.2, 0) is 0 Å². The fourth-order valence-corrected chi connectivity index (χ4v) is 1.81. The first-order valence-corrected chi connectivity index (χ1v) is 6.63. The largest absolute Gasteiger partial charge is 0.344 e. The summed E-state index contributed by atoms with van der Waals surface area (Å²) in [5.74, 6) is -0.249. The Balaban J connectivity index is 2.19. The summed E-state index contributed by atoms with van der Waals surface area (Å²) in [4.78, 5) is 12.1. The molecule has 2 aromatic rings. The number of carbonyl (C=O) groups is 1. The molecule has 0 aliphatic heterocycles. The molecule has 0 saturated carbocycles. The number of amides is 1. The van der Waals surface area contributed by atoms with Crippen molar-refractivity contribution in [2.45, 2.75) is 19.4 Å². The van der Waals surface area contributed by atoms with E-state index in [0.29, 0.717) is 17.3 Å². The predicted octanol–water partition coefficient (Wildman–Crippen LogP) is 1.99. The lowest BCUT2D eigenvalue weighted by molar-refractivity contribution is 0.0910. The molecule has 6 heteroatoms. The number of nitrogens with one attached hydrogen (secondary N) is 1. The second-order valence-electron chi connectivity index (χ2n) is 5.17. The van der Waals surface area contributed by atoms with Crippen molar-refractivity contribution >= 4 is 17.5 Å². The standard InChI is InChI=1S/C14H17ClN4O/c1-14(2,9-16)17-13(20)12-6-7-19(18-12)11-5-3-4-10(15)8-11/h3-8H,9,16H2,1-2H3,(H,17,20). The molecule has 1 aromatic heterocycles. The normalized spacial score (nSPS) is 11.4. The van der Waals surface area contributed by atoms with E-state index in [9.17, 15) is 4.79 Å². The number of benzene rings is 1. The van der Waals surface area contributed by atoms with Gasteiger partial charge in [-0.25, -0.2) is 4.68 Å². The molecule has 106 valence electrons. The first-order valence-electron chi connectivity index (χ1n) is 6.25. The Bertz CT molecular complexity index is 621. The predicted molar refractivity (Wildman–Crippen MR) is 79.2 cm³/mol. The third kappa shape index (κ3) is 3.37. The van der Waals surface area contributed by atoms with Crippen LogP contribution in [0.1, 0.15) is 24.3 Å². The highest BCUT2D eigenvalue weighted by Gasteiger charge is 2.20. The first-order chi connectivity index (χ1) is 9.41. The summed E-state index contributed by atoms with van der Waals surface area (Å²) in [5.41, 5.74) is 6.27. The number of hydrogen-bond acceptors (Lipinski definition) is 3. The van der Waals surface area contributed by atoms with Crippen LogP contribution in [0.15, 0.2) is 36.5 Å². The molecule has 0 saturated heterocycles. The average Bonchev–Trinajstić information content (AvgIpc) is 2.88. The van der Waals surface area contributed by atoms with E-state index in [2.05, 4.69) is 10.4 Å². The Labute approximate surface area is 122 Å². The van der Waals surface area contributed by atoms with Gasteiger partial charge in [-0.3, -0.25) is 4.79 Å². The molecular weight excluding hydrogens is 276 g/mol. The van der Waals surface area contributed by atoms with Gasteiger partial charge in [0.15, 0.2) is 5.69 Å². The quantitative estimate of drug-likeness (QED) is 0.905. The number of hydrogen-bond donors (Lipinski definition) is 2. The topological polar surface area (TPSA) is 72.9 Å². The Morgan fingerprint density at radius 3 is 2.85 bits per heavy atom. The maximum atomic E-state index is 12.1. The molecule has 0 aliphatic rings. The average molecular weight is 293 g/mol. The number of halogens is 1. The van der Waals surface area contributed by atoms with Gasteiger partial charge in [0.25, 0.3) is 5.91 Å². The number of nitrogens with two attached hydrogens (primary N) is 1. The van der Waals surface area contributed by atoms with E-state index in [0.717, 1.165) is 5.69 Å². The van der Waals surface area contributed by atoms with Crippen LogP contribution in [0.5, 0.6) is 0 Å². The smallest absolute Gasteiger partial charge is 0.272 e. The SMILES string of the molecule is CC(C)(CN)NC(=O)c1ccn(-c2cccc(Cl)c2)n1. The maximum absolute atomic E-state index is 12.1. The number of rotatable bonds is 4.